The lowest BCUT2D eigenvalue weighted by molar-refractivity contribution is -0.125. The Morgan fingerprint density at radius 1 is 1.20 bits per heavy atom. The number of likely N-dealkylation sites (tertiary alicyclic amines) is 1. The summed E-state index contributed by atoms with van der Waals surface area (Å²) in [6, 6.07) is 11.7. The summed E-state index contributed by atoms with van der Waals surface area (Å²) in [7, 11) is 1.70. The van der Waals surface area contributed by atoms with E-state index >= 15 is 0 Å². The number of nitrogens with one attached hydrogen (secondary N) is 2. The summed E-state index contributed by atoms with van der Waals surface area (Å²) >= 11 is 1.43. The maximum absolute atomic E-state index is 12.2. The third-order valence-corrected chi connectivity index (χ3v) is 5.41. The summed E-state index contributed by atoms with van der Waals surface area (Å²) in [5.74, 6) is 0.217. The Labute approximate surface area is 152 Å². The quantitative estimate of drug-likeness (QED) is 0.865. The molecule has 0 aliphatic carbocycles. The van der Waals surface area contributed by atoms with Crippen LogP contribution in [0.4, 0.5) is 5.69 Å². The van der Waals surface area contributed by atoms with Crippen LogP contribution in [0, 0.1) is 5.92 Å². The van der Waals surface area contributed by atoms with Crippen LogP contribution in [-0.2, 0) is 11.3 Å². The number of amides is 2. The van der Waals surface area contributed by atoms with E-state index in [2.05, 4.69) is 21.6 Å². The Morgan fingerprint density at radius 3 is 2.68 bits per heavy atom. The zero-order valence-corrected chi connectivity index (χ0v) is 15.1. The van der Waals surface area contributed by atoms with Crippen molar-refractivity contribution in [2.45, 2.75) is 19.4 Å². The van der Waals surface area contributed by atoms with Gasteiger partial charge in [0.15, 0.2) is 0 Å². The first-order valence-electron chi connectivity index (χ1n) is 8.53. The molecule has 1 aromatic heterocycles. The molecule has 0 bridgehead atoms. The minimum atomic E-state index is -0.0708. The molecule has 2 N–H and O–H groups in total. The van der Waals surface area contributed by atoms with E-state index in [4.69, 9.17) is 0 Å². The van der Waals surface area contributed by atoms with Gasteiger partial charge in [0.1, 0.15) is 0 Å². The Balaban J connectivity index is 1.55. The van der Waals surface area contributed by atoms with Crippen LogP contribution in [0.2, 0.25) is 0 Å². The molecule has 3 rings (SSSR count). The molecular weight excluding hydrogens is 334 g/mol. The van der Waals surface area contributed by atoms with Crippen molar-refractivity contribution < 1.29 is 9.59 Å². The normalized spacial score (nSPS) is 15.7. The van der Waals surface area contributed by atoms with Gasteiger partial charge in [-0.25, -0.2) is 0 Å². The zero-order chi connectivity index (χ0) is 17.6. The highest BCUT2D eigenvalue weighted by Gasteiger charge is 2.24. The molecule has 0 atom stereocenters. The smallest absolute Gasteiger partial charge is 0.265 e. The van der Waals surface area contributed by atoms with E-state index in [1.807, 2.05) is 35.7 Å². The second kappa shape index (κ2) is 8.27. The topological polar surface area (TPSA) is 61.4 Å². The zero-order valence-electron chi connectivity index (χ0n) is 14.3. The Kier molecular flexibility index (Phi) is 5.83. The summed E-state index contributed by atoms with van der Waals surface area (Å²) in [4.78, 5) is 26.9. The van der Waals surface area contributed by atoms with Gasteiger partial charge in [-0.3, -0.25) is 14.5 Å². The average molecular weight is 357 g/mol. The van der Waals surface area contributed by atoms with Crippen molar-refractivity contribution >= 4 is 28.8 Å². The summed E-state index contributed by atoms with van der Waals surface area (Å²) in [5.41, 5.74) is 1.98. The van der Waals surface area contributed by atoms with Crippen LogP contribution in [0.5, 0.6) is 0 Å². The Bertz CT molecular complexity index is 722. The average Bonchev–Trinajstić information content (AvgIpc) is 3.17. The predicted octanol–water partition coefficient (Wildman–Crippen LogP) is 2.96. The molecule has 6 heteroatoms. The van der Waals surface area contributed by atoms with Gasteiger partial charge >= 0.3 is 0 Å². The molecule has 25 heavy (non-hydrogen) atoms. The molecule has 1 aromatic carbocycles. The van der Waals surface area contributed by atoms with Gasteiger partial charge < -0.3 is 10.6 Å². The first-order valence-corrected chi connectivity index (χ1v) is 9.41. The fourth-order valence-corrected chi connectivity index (χ4v) is 3.78. The molecule has 2 heterocycles. The van der Waals surface area contributed by atoms with Gasteiger partial charge in [-0.05, 0) is 55.1 Å². The molecule has 0 unspecified atom stereocenters. The minimum absolute atomic E-state index is 0.0708. The van der Waals surface area contributed by atoms with Gasteiger partial charge in [0, 0.05) is 25.2 Å². The van der Waals surface area contributed by atoms with Crippen molar-refractivity contribution in [1.29, 1.82) is 0 Å². The number of anilines is 1. The molecule has 0 spiro atoms. The number of carbonyl (C=O) groups is 2. The summed E-state index contributed by atoms with van der Waals surface area (Å²) < 4.78 is 0. The van der Waals surface area contributed by atoms with Crippen molar-refractivity contribution in [3.8, 4) is 0 Å². The van der Waals surface area contributed by atoms with E-state index < -0.39 is 0 Å². The number of nitrogens with zero attached hydrogens (tertiary/aromatic N) is 1. The van der Waals surface area contributed by atoms with Crippen molar-refractivity contribution in [3.63, 3.8) is 0 Å². The largest absolute Gasteiger partial charge is 0.359 e. The molecule has 1 saturated heterocycles. The Morgan fingerprint density at radius 2 is 2.00 bits per heavy atom. The van der Waals surface area contributed by atoms with Crippen LogP contribution < -0.4 is 10.6 Å². The monoisotopic (exact) mass is 357 g/mol. The third-order valence-electron chi connectivity index (χ3n) is 4.54. The van der Waals surface area contributed by atoms with Crippen LogP contribution in [-0.4, -0.2) is 36.9 Å². The minimum Gasteiger partial charge on any atom is -0.359 e. The van der Waals surface area contributed by atoms with E-state index in [0.29, 0.717) is 4.88 Å². The van der Waals surface area contributed by atoms with E-state index in [1.165, 1.54) is 16.9 Å². The number of benzene rings is 1. The molecular formula is C19H23N3O2S. The molecule has 2 amide bonds. The van der Waals surface area contributed by atoms with Gasteiger partial charge in [-0.2, -0.15) is 0 Å². The van der Waals surface area contributed by atoms with Crippen LogP contribution in [0.3, 0.4) is 0 Å². The summed E-state index contributed by atoms with van der Waals surface area (Å²) in [6.07, 6.45) is 1.79. The number of hydrogen-bond donors (Lipinski definition) is 2. The predicted molar refractivity (Wildman–Crippen MR) is 101 cm³/mol. The second-order valence-electron chi connectivity index (χ2n) is 6.30. The number of rotatable bonds is 5. The molecule has 1 aliphatic rings. The lowest BCUT2D eigenvalue weighted by Crippen LogP contribution is -2.39. The molecule has 132 valence electrons. The lowest BCUT2D eigenvalue weighted by atomic mass is 9.95. The van der Waals surface area contributed by atoms with Gasteiger partial charge in [-0.15, -0.1) is 11.3 Å². The molecule has 1 fully saturated rings. The fraction of sp³-hybridized carbons (Fsp3) is 0.368. The van der Waals surface area contributed by atoms with Gasteiger partial charge in [0.2, 0.25) is 5.91 Å². The van der Waals surface area contributed by atoms with Crippen molar-refractivity contribution in [2.75, 3.05) is 25.5 Å². The lowest BCUT2D eigenvalue weighted by Gasteiger charge is -2.31. The molecule has 5 nitrogen and oxygen atoms in total. The number of hydrogen-bond acceptors (Lipinski definition) is 4. The van der Waals surface area contributed by atoms with Crippen LogP contribution >= 0.6 is 11.3 Å². The summed E-state index contributed by atoms with van der Waals surface area (Å²) in [5, 5.41) is 7.59. The highest BCUT2D eigenvalue weighted by Crippen LogP contribution is 2.21. The van der Waals surface area contributed by atoms with Crippen molar-refractivity contribution in [2.24, 2.45) is 5.92 Å². The second-order valence-corrected chi connectivity index (χ2v) is 7.24. The molecule has 0 radical (unpaired) electrons. The van der Waals surface area contributed by atoms with E-state index in [-0.39, 0.29) is 17.7 Å². The van der Waals surface area contributed by atoms with Crippen molar-refractivity contribution in [3.05, 3.63) is 52.2 Å². The van der Waals surface area contributed by atoms with E-state index in [9.17, 15) is 9.59 Å². The standard InChI is InChI=1S/C19H23N3O2S/c1-20-18(23)15-7-9-22(10-8-15)13-14-4-2-5-16(12-14)21-19(24)17-6-3-11-25-17/h2-6,11-12,15H,7-10,13H2,1H3,(H,20,23)(H,21,24). The first kappa shape index (κ1) is 17.6. The van der Waals surface area contributed by atoms with Crippen LogP contribution in [0.25, 0.3) is 0 Å². The SMILES string of the molecule is CNC(=O)C1CCN(Cc2cccc(NC(=O)c3cccs3)c2)CC1. The van der Waals surface area contributed by atoms with E-state index in [0.717, 1.165) is 38.2 Å². The molecule has 0 saturated carbocycles. The van der Waals surface area contributed by atoms with Gasteiger partial charge in [-0.1, -0.05) is 18.2 Å². The number of piperidine rings is 1. The molecule has 1 aliphatic heterocycles. The molecule has 2 aromatic rings. The van der Waals surface area contributed by atoms with Gasteiger partial charge in [0.05, 0.1) is 4.88 Å². The Hall–Kier alpha value is -2.18. The highest BCUT2D eigenvalue weighted by molar-refractivity contribution is 7.12. The first-order chi connectivity index (χ1) is 12.2. The summed E-state index contributed by atoms with van der Waals surface area (Å²) in [6.45, 7) is 2.68. The maximum atomic E-state index is 12.2. The van der Waals surface area contributed by atoms with Gasteiger partial charge in [0.25, 0.3) is 5.91 Å². The third kappa shape index (κ3) is 4.67. The van der Waals surface area contributed by atoms with E-state index in [1.54, 1.807) is 7.05 Å². The fourth-order valence-electron chi connectivity index (χ4n) is 3.16. The van der Waals surface area contributed by atoms with Crippen LogP contribution in [0.1, 0.15) is 28.1 Å². The number of thiophene rings is 1. The maximum Gasteiger partial charge on any atom is 0.265 e. The number of carbonyl (C=O) groups excluding carboxylic acids is 2. The highest BCUT2D eigenvalue weighted by atomic mass is 32.1. The van der Waals surface area contributed by atoms with Crippen LogP contribution in [0.15, 0.2) is 41.8 Å². The van der Waals surface area contributed by atoms with Crippen molar-refractivity contribution in [1.82, 2.24) is 10.2 Å².